The van der Waals surface area contributed by atoms with Gasteiger partial charge in [-0.2, -0.15) is 0 Å². The topological polar surface area (TPSA) is 9.23 Å². The summed E-state index contributed by atoms with van der Waals surface area (Å²) in [6.45, 7) is 2.21. The van der Waals surface area contributed by atoms with Crippen LogP contribution in [0.1, 0.15) is 13.3 Å². The molecule has 0 rings (SSSR count). The Morgan fingerprint density at radius 2 is 2.29 bits per heavy atom. The van der Waals surface area contributed by atoms with Crippen LogP contribution < -0.4 is 0 Å². The van der Waals surface area contributed by atoms with Crippen molar-refractivity contribution in [2.24, 2.45) is 0 Å². The molecule has 0 atom stereocenters. The normalized spacial score (nSPS) is 8.86. The lowest BCUT2D eigenvalue weighted by Crippen LogP contribution is -2.09. The third-order valence-corrected chi connectivity index (χ3v) is 5.71. The summed E-state index contributed by atoms with van der Waals surface area (Å²) in [5.74, 6) is 2.26. The Balaban J connectivity index is 2.83. The van der Waals surface area contributed by atoms with Gasteiger partial charge < -0.3 is 2.84 Å². The lowest BCUT2D eigenvalue weighted by Gasteiger charge is -1.99. The van der Waals surface area contributed by atoms with Crippen LogP contribution in [-0.2, 0) is 2.84 Å². The Bertz CT molecular complexity index is 40.7. The van der Waals surface area contributed by atoms with Crippen molar-refractivity contribution in [1.82, 2.24) is 0 Å². The summed E-state index contributed by atoms with van der Waals surface area (Å²) in [7, 11) is 0. The van der Waals surface area contributed by atoms with Crippen LogP contribution >= 0.6 is 0 Å². The maximum Gasteiger partial charge on any atom is 0.426 e. The molecule has 40 valence electrons. The third kappa shape index (κ3) is 4.89. The molecule has 0 aromatic carbocycles. The fourth-order valence-corrected chi connectivity index (χ4v) is 2.28. The van der Waals surface area contributed by atoms with Gasteiger partial charge in [-0.25, -0.2) is 0 Å². The van der Waals surface area contributed by atoms with Crippen molar-refractivity contribution < 1.29 is 2.84 Å². The van der Waals surface area contributed by atoms with Crippen LogP contribution in [0.25, 0.3) is 0 Å². The predicted octanol–water partition coefficient (Wildman–Crippen LogP) is 0.582. The lowest BCUT2D eigenvalue weighted by atomic mass is 10.6. The second-order valence-corrected chi connectivity index (χ2v) is 5.92. The molecule has 0 saturated carbocycles. The van der Waals surface area contributed by atoms with Gasteiger partial charge in [0.15, 0.2) is 0 Å². The first-order valence-electron chi connectivity index (χ1n) is 2.84. The molecule has 0 aromatic rings. The van der Waals surface area contributed by atoms with E-state index in [2.05, 4.69) is 12.7 Å². The average Bonchev–Trinajstić information content (AvgIpc) is 1.68. The molecule has 0 spiro atoms. The Morgan fingerprint density at radius 3 is 2.43 bits per heavy atom. The molecule has 0 aliphatic carbocycles. The molecular weight excluding hydrogens is 118 g/mol. The van der Waals surface area contributed by atoms with E-state index in [9.17, 15) is 0 Å². The van der Waals surface area contributed by atoms with Crippen molar-refractivity contribution in [3.63, 3.8) is 0 Å². The quantitative estimate of drug-likeness (QED) is 0.508. The minimum absolute atomic E-state index is 0.620. The van der Waals surface area contributed by atoms with E-state index >= 15 is 0 Å². The van der Waals surface area contributed by atoms with Crippen molar-refractivity contribution in [2.75, 3.05) is 0 Å². The summed E-state index contributed by atoms with van der Waals surface area (Å²) in [5, 5.41) is 1.35. The van der Waals surface area contributed by atoms with Crippen molar-refractivity contribution in [3.8, 4) is 0 Å². The van der Waals surface area contributed by atoms with Gasteiger partial charge in [0.25, 0.3) is 0 Å². The van der Waals surface area contributed by atoms with Crippen molar-refractivity contribution in [2.45, 2.75) is 24.4 Å². The van der Waals surface area contributed by atoms with Crippen LogP contribution in [0.3, 0.4) is 0 Å². The summed E-state index contributed by atoms with van der Waals surface area (Å²) >= 11 is 0.329. The number of hydrogen-bond acceptors (Lipinski definition) is 1. The van der Waals surface area contributed by atoms with Crippen molar-refractivity contribution in [1.29, 1.82) is 0 Å². The maximum absolute atomic E-state index is 5.27. The first-order valence-corrected chi connectivity index (χ1v) is 6.10. The van der Waals surface area contributed by atoms with Crippen LogP contribution in [0.4, 0.5) is 0 Å². The molecule has 0 aliphatic heterocycles. The summed E-state index contributed by atoms with van der Waals surface area (Å²) < 4.78 is 5.27. The van der Waals surface area contributed by atoms with Crippen LogP contribution in [0.5, 0.6) is 0 Å². The zero-order valence-electron chi connectivity index (χ0n) is 5.40. The van der Waals surface area contributed by atoms with Crippen LogP contribution in [0.2, 0.25) is 11.1 Å². The molecule has 0 bridgehead atoms. The molecular formula is C4H12Al2O. The predicted molar refractivity (Wildman–Crippen MR) is 36.3 cm³/mol. The zero-order chi connectivity index (χ0) is 5.70. The Labute approximate surface area is 58.5 Å². The van der Waals surface area contributed by atoms with E-state index in [4.69, 9.17) is 2.84 Å². The highest BCUT2D eigenvalue weighted by Crippen LogP contribution is 1.94. The summed E-state index contributed by atoms with van der Waals surface area (Å²) in [4.78, 5) is 0. The van der Waals surface area contributed by atoms with Crippen molar-refractivity contribution in [3.05, 3.63) is 0 Å². The number of rotatable bonds is 3. The van der Waals surface area contributed by atoms with E-state index in [1.54, 1.807) is 0 Å². The van der Waals surface area contributed by atoms with E-state index in [1.165, 1.54) is 11.7 Å². The lowest BCUT2D eigenvalue weighted by molar-refractivity contribution is 0.632. The Kier molecular flexibility index (Phi) is 5.92. The molecule has 0 unspecified atom stereocenters. The van der Waals surface area contributed by atoms with E-state index in [1.807, 2.05) is 0 Å². The second kappa shape index (κ2) is 5.17. The van der Waals surface area contributed by atoms with Gasteiger partial charge in [0.1, 0.15) is 0 Å². The van der Waals surface area contributed by atoms with Crippen molar-refractivity contribution >= 4 is 31.1 Å². The second-order valence-electron chi connectivity index (χ2n) is 1.83. The van der Waals surface area contributed by atoms with Crippen LogP contribution in [-0.4, -0.2) is 31.1 Å². The molecule has 3 heteroatoms. The van der Waals surface area contributed by atoms with Crippen LogP contribution in [0, 0.1) is 0 Å². The smallest absolute Gasteiger partial charge is 0.426 e. The van der Waals surface area contributed by atoms with E-state index in [0.29, 0.717) is 0 Å². The first-order chi connectivity index (χ1) is 3.31. The van der Waals surface area contributed by atoms with Gasteiger partial charge in [-0.05, 0) is 0 Å². The number of hydrogen-bond donors (Lipinski definition) is 0. The first kappa shape index (κ1) is 8.02. The third-order valence-electron chi connectivity index (χ3n) is 1.10. The van der Waals surface area contributed by atoms with E-state index < -0.39 is 14.5 Å². The zero-order valence-corrected chi connectivity index (χ0v) is 8.55. The Hall–Kier alpha value is 1.02. The molecule has 1 nitrogen and oxygen atoms in total. The standard InChI is InChI=1S/C3H7.CH3.2Al.O.2H/c1-3-2;;;;;;/h1,3H2,2H3;1H3;;;;;. The van der Waals surface area contributed by atoms with E-state index in [0.717, 1.165) is 16.6 Å². The highest BCUT2D eigenvalue weighted by molar-refractivity contribution is 6.54. The van der Waals surface area contributed by atoms with Gasteiger partial charge in [-0.1, -0.05) is 24.4 Å². The van der Waals surface area contributed by atoms with Gasteiger partial charge in [0.05, 0.1) is 0 Å². The molecule has 0 heterocycles. The Morgan fingerprint density at radius 1 is 1.71 bits per heavy atom. The SMILES string of the molecule is CC[CH2][Al]([CH3])[O][AlH2]. The van der Waals surface area contributed by atoms with Crippen LogP contribution in [0.15, 0.2) is 0 Å². The van der Waals surface area contributed by atoms with Gasteiger partial charge in [0.2, 0.25) is 0 Å². The molecule has 0 N–H and O–H groups in total. The van der Waals surface area contributed by atoms with Gasteiger partial charge in [-0.15, -0.1) is 0 Å². The summed E-state index contributed by atoms with van der Waals surface area (Å²) in [6, 6.07) is 0. The summed E-state index contributed by atoms with van der Waals surface area (Å²) in [6.07, 6.45) is 1.30. The molecule has 0 aliphatic rings. The highest BCUT2D eigenvalue weighted by atomic mass is 27.2. The average molecular weight is 130 g/mol. The molecule has 7 heavy (non-hydrogen) atoms. The van der Waals surface area contributed by atoms with Gasteiger partial charge in [-0.3, -0.25) is 0 Å². The summed E-state index contributed by atoms with van der Waals surface area (Å²) in [5.41, 5.74) is 0. The van der Waals surface area contributed by atoms with Gasteiger partial charge in [0, 0.05) is 0 Å². The highest BCUT2D eigenvalue weighted by Gasteiger charge is 2.05. The largest absolute Gasteiger partial charge is 0.642 e. The molecule has 0 aromatic heterocycles. The fourth-order valence-electron chi connectivity index (χ4n) is 0.524. The van der Waals surface area contributed by atoms with E-state index in [-0.39, 0.29) is 0 Å². The molecule has 0 amide bonds. The molecule has 0 fully saturated rings. The molecule has 0 radical (unpaired) electrons. The maximum atomic E-state index is 5.27. The minimum atomic E-state index is -0.620. The monoisotopic (exact) mass is 130 g/mol. The fraction of sp³-hybridized carbons (Fsp3) is 1.00. The van der Waals surface area contributed by atoms with Gasteiger partial charge >= 0.3 is 31.1 Å². The molecule has 0 saturated heterocycles. The minimum Gasteiger partial charge on any atom is -0.642 e.